The van der Waals surface area contributed by atoms with Gasteiger partial charge in [0.25, 0.3) is 0 Å². The summed E-state index contributed by atoms with van der Waals surface area (Å²) < 4.78 is 0. The normalized spacial score (nSPS) is 16.3. The molecule has 11 heteroatoms. The third kappa shape index (κ3) is 8.02. The number of aromatic nitrogens is 3. The molecule has 9 nitrogen and oxygen atoms in total. The molecule has 2 aromatic heterocycles. The van der Waals surface area contributed by atoms with Gasteiger partial charge in [0.2, 0.25) is 5.91 Å². The Morgan fingerprint density at radius 3 is 2.71 bits per heavy atom. The fourth-order valence-corrected chi connectivity index (χ4v) is 4.44. The van der Waals surface area contributed by atoms with Crippen LogP contribution < -0.4 is 15.5 Å². The summed E-state index contributed by atoms with van der Waals surface area (Å²) in [4.78, 5) is 41.9. The summed E-state index contributed by atoms with van der Waals surface area (Å²) in [5.41, 5.74) is 0.647. The van der Waals surface area contributed by atoms with Crippen LogP contribution in [0.1, 0.15) is 33.4 Å². The third-order valence-electron chi connectivity index (χ3n) is 5.12. The van der Waals surface area contributed by atoms with Crippen LogP contribution in [0.15, 0.2) is 35.6 Å². The molecular formula is C23H32ClN7O2S. The zero-order valence-electron chi connectivity index (χ0n) is 20.0. The van der Waals surface area contributed by atoms with E-state index in [0.717, 1.165) is 5.69 Å². The molecule has 2 aromatic rings. The summed E-state index contributed by atoms with van der Waals surface area (Å²) >= 11 is 7.50. The molecule has 0 aromatic carbocycles. The van der Waals surface area contributed by atoms with Crippen molar-refractivity contribution in [1.29, 1.82) is 0 Å². The largest absolute Gasteiger partial charge is 0.355 e. The zero-order chi connectivity index (χ0) is 24.7. The van der Waals surface area contributed by atoms with E-state index in [2.05, 4.69) is 30.5 Å². The van der Waals surface area contributed by atoms with Gasteiger partial charge in [-0.25, -0.2) is 14.8 Å². The minimum Gasteiger partial charge on any atom is -0.355 e. The van der Waals surface area contributed by atoms with Gasteiger partial charge in [-0.1, -0.05) is 29.4 Å². The Morgan fingerprint density at radius 1 is 1.24 bits per heavy atom. The Balaban J connectivity index is 1.51. The highest BCUT2D eigenvalue weighted by molar-refractivity contribution is 7.99. The van der Waals surface area contributed by atoms with E-state index in [1.807, 2.05) is 50.8 Å². The minimum atomic E-state index is -0.287. The number of piperazine rings is 1. The van der Waals surface area contributed by atoms with E-state index < -0.39 is 0 Å². The number of carbonyl (C=O) groups is 2. The van der Waals surface area contributed by atoms with E-state index in [0.29, 0.717) is 48.7 Å². The molecule has 1 aliphatic heterocycles. The predicted molar refractivity (Wildman–Crippen MR) is 135 cm³/mol. The van der Waals surface area contributed by atoms with Crippen molar-refractivity contribution in [3.63, 3.8) is 0 Å². The second-order valence-corrected chi connectivity index (χ2v) is 10.5. The molecule has 2 N–H and O–H groups in total. The molecule has 1 aliphatic rings. The number of hydrogen-bond donors (Lipinski definition) is 2. The molecule has 3 heterocycles. The monoisotopic (exact) mass is 505 g/mol. The highest BCUT2D eigenvalue weighted by atomic mass is 35.5. The van der Waals surface area contributed by atoms with Gasteiger partial charge in [0.1, 0.15) is 11.0 Å². The van der Waals surface area contributed by atoms with Crippen molar-refractivity contribution in [3.05, 3.63) is 41.3 Å². The van der Waals surface area contributed by atoms with Gasteiger partial charge >= 0.3 is 6.03 Å². The number of pyridine rings is 1. The van der Waals surface area contributed by atoms with E-state index in [1.165, 1.54) is 11.8 Å². The maximum Gasteiger partial charge on any atom is 0.318 e. The van der Waals surface area contributed by atoms with Gasteiger partial charge in [-0.15, -0.1) is 0 Å². The molecule has 0 aliphatic carbocycles. The van der Waals surface area contributed by atoms with Gasteiger partial charge in [0, 0.05) is 62.1 Å². The van der Waals surface area contributed by atoms with Crippen LogP contribution in [-0.4, -0.2) is 75.3 Å². The quantitative estimate of drug-likeness (QED) is 0.338. The van der Waals surface area contributed by atoms with Crippen molar-refractivity contribution in [2.24, 2.45) is 0 Å². The summed E-state index contributed by atoms with van der Waals surface area (Å²) in [6, 6.07) is 7.38. The van der Waals surface area contributed by atoms with E-state index >= 15 is 0 Å². The second kappa shape index (κ2) is 11.7. The Bertz CT molecular complexity index is 987. The van der Waals surface area contributed by atoms with Crippen LogP contribution in [-0.2, 0) is 11.2 Å². The lowest BCUT2D eigenvalue weighted by molar-refractivity contribution is -0.118. The Labute approximate surface area is 210 Å². The molecule has 0 bridgehead atoms. The van der Waals surface area contributed by atoms with Gasteiger partial charge in [0.05, 0.1) is 5.75 Å². The number of halogens is 1. The summed E-state index contributed by atoms with van der Waals surface area (Å²) in [6.45, 7) is 10.3. The Morgan fingerprint density at radius 2 is 2.03 bits per heavy atom. The minimum absolute atomic E-state index is 0.00539. The zero-order valence-corrected chi connectivity index (χ0v) is 21.6. The third-order valence-corrected chi connectivity index (χ3v) is 6.16. The first-order chi connectivity index (χ1) is 16.1. The van der Waals surface area contributed by atoms with Crippen LogP contribution in [0, 0.1) is 0 Å². The average Bonchev–Trinajstić information content (AvgIpc) is 2.77. The number of nitrogens with zero attached hydrogens (tertiary/aromatic N) is 5. The number of carbonyl (C=O) groups excluding carboxylic acids is 2. The maximum atomic E-state index is 12.6. The van der Waals surface area contributed by atoms with E-state index in [1.54, 1.807) is 12.3 Å². The molecule has 34 heavy (non-hydrogen) atoms. The summed E-state index contributed by atoms with van der Waals surface area (Å²) in [6.07, 6.45) is 2.41. The second-order valence-electron chi connectivity index (χ2n) is 9.21. The molecule has 1 saturated heterocycles. The molecule has 3 amide bonds. The van der Waals surface area contributed by atoms with Crippen molar-refractivity contribution >= 4 is 41.1 Å². The number of rotatable bonds is 7. The first-order valence-electron chi connectivity index (χ1n) is 11.3. The van der Waals surface area contributed by atoms with Gasteiger partial charge in [-0.3, -0.25) is 9.78 Å². The molecule has 0 radical (unpaired) electrons. The van der Waals surface area contributed by atoms with Gasteiger partial charge in [-0.05, 0) is 39.8 Å². The lowest BCUT2D eigenvalue weighted by Crippen LogP contribution is -2.59. The van der Waals surface area contributed by atoms with Crippen LogP contribution in [0.5, 0.6) is 0 Å². The fraction of sp³-hybridized carbons (Fsp3) is 0.522. The van der Waals surface area contributed by atoms with Crippen LogP contribution in [0.25, 0.3) is 0 Å². The van der Waals surface area contributed by atoms with Crippen molar-refractivity contribution < 1.29 is 9.59 Å². The smallest absolute Gasteiger partial charge is 0.318 e. The first-order valence-corrected chi connectivity index (χ1v) is 12.6. The SMILES string of the molecule is CC1CN(c2cc(Cl)nc(SCC(=O)NCCc3ccccn3)n2)CCN1C(=O)NC(C)(C)C. The Hall–Kier alpha value is -2.59. The van der Waals surface area contributed by atoms with Crippen molar-refractivity contribution in [1.82, 2.24) is 30.5 Å². The number of thioether (sulfide) groups is 1. The lowest BCUT2D eigenvalue weighted by atomic mass is 10.1. The van der Waals surface area contributed by atoms with Crippen molar-refractivity contribution in [3.8, 4) is 0 Å². The number of urea groups is 1. The van der Waals surface area contributed by atoms with Gasteiger partial charge in [0.15, 0.2) is 5.16 Å². The Kier molecular flexibility index (Phi) is 8.96. The standard InChI is InChI=1S/C23H32ClN7O2S/c1-16-14-30(11-12-31(16)22(33)29-23(2,3)4)19-13-18(24)27-21(28-19)34-15-20(32)26-10-8-17-7-5-6-9-25-17/h5-7,9,13,16H,8,10-12,14-15H2,1-4H3,(H,26,32)(H,29,33). The van der Waals surface area contributed by atoms with Crippen LogP contribution in [0.3, 0.4) is 0 Å². The highest BCUT2D eigenvalue weighted by Crippen LogP contribution is 2.24. The number of anilines is 1. The molecule has 0 spiro atoms. The topological polar surface area (TPSA) is 103 Å². The molecule has 1 atom stereocenters. The van der Waals surface area contributed by atoms with E-state index in [9.17, 15) is 9.59 Å². The first kappa shape index (κ1) is 26.0. The van der Waals surface area contributed by atoms with Crippen LogP contribution >= 0.6 is 23.4 Å². The van der Waals surface area contributed by atoms with E-state index in [-0.39, 0.29) is 29.3 Å². The summed E-state index contributed by atoms with van der Waals surface area (Å²) in [7, 11) is 0. The van der Waals surface area contributed by atoms with Crippen LogP contribution in [0.2, 0.25) is 5.15 Å². The van der Waals surface area contributed by atoms with Crippen LogP contribution in [0.4, 0.5) is 10.6 Å². The molecule has 184 valence electrons. The summed E-state index contributed by atoms with van der Waals surface area (Å²) in [5.74, 6) is 0.790. The highest BCUT2D eigenvalue weighted by Gasteiger charge is 2.30. The molecule has 3 rings (SSSR count). The van der Waals surface area contributed by atoms with Crippen molar-refractivity contribution in [2.75, 3.05) is 36.8 Å². The molecule has 1 unspecified atom stereocenters. The number of nitrogens with one attached hydrogen (secondary N) is 2. The number of hydrogen-bond acceptors (Lipinski definition) is 7. The van der Waals surface area contributed by atoms with Gasteiger partial charge < -0.3 is 20.4 Å². The fourth-order valence-electron chi connectivity index (χ4n) is 3.53. The maximum absolute atomic E-state index is 12.6. The van der Waals surface area contributed by atoms with Gasteiger partial charge in [-0.2, -0.15) is 0 Å². The van der Waals surface area contributed by atoms with E-state index in [4.69, 9.17) is 11.6 Å². The molecule has 0 saturated carbocycles. The summed E-state index contributed by atoms with van der Waals surface area (Å²) in [5, 5.41) is 6.68. The molecule has 1 fully saturated rings. The number of amides is 3. The van der Waals surface area contributed by atoms with Crippen molar-refractivity contribution in [2.45, 2.75) is 50.9 Å². The lowest BCUT2D eigenvalue weighted by Gasteiger charge is -2.41. The predicted octanol–water partition coefficient (Wildman–Crippen LogP) is 2.99. The molecular weight excluding hydrogens is 474 g/mol. The average molecular weight is 506 g/mol.